The van der Waals surface area contributed by atoms with E-state index in [-0.39, 0.29) is 38.1 Å². The minimum Gasteiger partial charge on any atom is -0.479 e. The van der Waals surface area contributed by atoms with E-state index in [1.165, 1.54) is 7.11 Å². The molecular formula is C11H17F2NO4. The third kappa shape index (κ3) is 4.21. The molecule has 5 nitrogen and oxygen atoms in total. The van der Waals surface area contributed by atoms with E-state index in [0.717, 1.165) is 0 Å². The second-order valence-corrected chi connectivity index (χ2v) is 4.44. The lowest BCUT2D eigenvalue weighted by Gasteiger charge is -2.27. The molecule has 7 heteroatoms. The highest BCUT2D eigenvalue weighted by Crippen LogP contribution is 2.36. The summed E-state index contributed by atoms with van der Waals surface area (Å²) in [6.45, 7) is -0.155. The van der Waals surface area contributed by atoms with Crippen molar-refractivity contribution >= 4 is 11.9 Å². The Balaban J connectivity index is 2.36. The molecule has 0 heterocycles. The first-order valence-corrected chi connectivity index (χ1v) is 5.77. The van der Waals surface area contributed by atoms with Gasteiger partial charge in [-0.15, -0.1) is 0 Å². The molecule has 2 N–H and O–H groups in total. The number of nitrogens with one attached hydrogen (secondary N) is 1. The molecule has 104 valence electrons. The molecule has 1 saturated carbocycles. The van der Waals surface area contributed by atoms with Crippen LogP contribution in [-0.2, 0) is 14.3 Å². The van der Waals surface area contributed by atoms with Gasteiger partial charge in [0, 0.05) is 25.9 Å². The van der Waals surface area contributed by atoms with Crippen LogP contribution in [0, 0.1) is 5.92 Å². The predicted molar refractivity (Wildman–Crippen MR) is 58.3 cm³/mol. The van der Waals surface area contributed by atoms with E-state index in [9.17, 15) is 18.4 Å². The van der Waals surface area contributed by atoms with Gasteiger partial charge in [-0.2, -0.15) is 0 Å². The molecular weight excluding hydrogens is 248 g/mol. The lowest BCUT2D eigenvalue weighted by atomic mass is 9.86. The Hall–Kier alpha value is -1.24. The lowest BCUT2D eigenvalue weighted by molar-refractivity contribution is -0.148. The topological polar surface area (TPSA) is 75.6 Å². The molecule has 1 rings (SSSR count). The Morgan fingerprint density at radius 3 is 2.44 bits per heavy atom. The lowest BCUT2D eigenvalue weighted by Crippen LogP contribution is -2.42. The smallest absolute Gasteiger partial charge is 0.334 e. The summed E-state index contributed by atoms with van der Waals surface area (Å²) in [7, 11) is 1.23. The fourth-order valence-electron chi connectivity index (χ4n) is 1.91. The highest BCUT2D eigenvalue weighted by molar-refractivity contribution is 5.80. The number of ether oxygens (including phenoxy) is 1. The number of amides is 1. The Kier molecular flexibility index (Phi) is 5.01. The van der Waals surface area contributed by atoms with Crippen molar-refractivity contribution in [3.8, 4) is 0 Å². The molecule has 1 aliphatic rings. The van der Waals surface area contributed by atoms with Crippen LogP contribution in [0.5, 0.6) is 0 Å². The largest absolute Gasteiger partial charge is 0.479 e. The van der Waals surface area contributed by atoms with Gasteiger partial charge in [0.2, 0.25) is 11.8 Å². The molecule has 0 aromatic rings. The van der Waals surface area contributed by atoms with E-state index in [1.54, 1.807) is 0 Å². The second-order valence-electron chi connectivity index (χ2n) is 4.44. The number of rotatable bonds is 5. The molecule has 1 aliphatic carbocycles. The van der Waals surface area contributed by atoms with Crippen LogP contribution in [0.4, 0.5) is 8.78 Å². The molecule has 0 radical (unpaired) electrons. The monoisotopic (exact) mass is 265 g/mol. The Morgan fingerprint density at radius 1 is 1.44 bits per heavy atom. The van der Waals surface area contributed by atoms with Crippen LogP contribution in [0.25, 0.3) is 0 Å². The summed E-state index contributed by atoms with van der Waals surface area (Å²) >= 11 is 0. The van der Waals surface area contributed by atoms with Crippen molar-refractivity contribution in [2.24, 2.45) is 5.92 Å². The van der Waals surface area contributed by atoms with Gasteiger partial charge < -0.3 is 15.2 Å². The zero-order chi connectivity index (χ0) is 13.8. The van der Waals surface area contributed by atoms with Gasteiger partial charge in [-0.3, -0.25) is 4.79 Å². The number of carboxylic acids is 1. The summed E-state index contributed by atoms with van der Waals surface area (Å²) in [6, 6.07) is 0. The van der Waals surface area contributed by atoms with Crippen LogP contribution in [0.2, 0.25) is 0 Å². The quantitative estimate of drug-likeness (QED) is 0.778. The molecule has 0 aromatic heterocycles. The number of carbonyl (C=O) groups is 2. The van der Waals surface area contributed by atoms with E-state index in [1.807, 2.05) is 0 Å². The summed E-state index contributed by atoms with van der Waals surface area (Å²) in [5, 5.41) is 11.1. The van der Waals surface area contributed by atoms with Gasteiger partial charge in [-0.1, -0.05) is 0 Å². The molecule has 0 saturated heterocycles. The molecule has 1 amide bonds. The van der Waals surface area contributed by atoms with Crippen LogP contribution in [0.3, 0.4) is 0 Å². The van der Waals surface area contributed by atoms with Crippen molar-refractivity contribution in [3.05, 3.63) is 0 Å². The van der Waals surface area contributed by atoms with Crippen LogP contribution in [-0.4, -0.2) is 42.7 Å². The fourth-order valence-corrected chi connectivity index (χ4v) is 1.91. The average molecular weight is 265 g/mol. The number of halogens is 2. The van der Waals surface area contributed by atoms with Gasteiger partial charge in [-0.05, 0) is 12.8 Å². The summed E-state index contributed by atoms with van der Waals surface area (Å²) in [5.74, 6) is -4.69. The van der Waals surface area contributed by atoms with E-state index < -0.39 is 23.9 Å². The van der Waals surface area contributed by atoms with Crippen molar-refractivity contribution in [3.63, 3.8) is 0 Å². The van der Waals surface area contributed by atoms with Crippen molar-refractivity contribution < 1.29 is 28.2 Å². The van der Waals surface area contributed by atoms with Gasteiger partial charge >= 0.3 is 5.97 Å². The van der Waals surface area contributed by atoms with Crippen LogP contribution in [0.15, 0.2) is 0 Å². The summed E-state index contributed by atoms with van der Waals surface area (Å²) < 4.78 is 30.4. The van der Waals surface area contributed by atoms with Gasteiger partial charge in [-0.25, -0.2) is 13.6 Å². The highest BCUT2D eigenvalue weighted by atomic mass is 19.3. The fraction of sp³-hybridized carbons (Fsp3) is 0.818. The Morgan fingerprint density at radius 2 is 2.00 bits per heavy atom. The number of hydrogen-bond donors (Lipinski definition) is 2. The standard InChI is InChI=1S/C11H17F2NO4/c1-18-8(10(16)17)6-14-9(15)7-2-4-11(12,13)5-3-7/h7-8H,2-6H2,1H3,(H,14,15)(H,16,17). The molecule has 1 atom stereocenters. The minimum absolute atomic E-state index is 0.129. The van der Waals surface area contributed by atoms with Crippen LogP contribution in [0.1, 0.15) is 25.7 Å². The number of aliphatic carboxylic acids is 1. The third-order valence-corrected chi connectivity index (χ3v) is 3.11. The Bertz CT molecular complexity index is 312. The first kappa shape index (κ1) is 14.8. The number of methoxy groups -OCH3 is 1. The molecule has 0 spiro atoms. The van der Waals surface area contributed by atoms with Gasteiger partial charge in [0.25, 0.3) is 0 Å². The van der Waals surface area contributed by atoms with Crippen molar-refractivity contribution in [1.29, 1.82) is 0 Å². The zero-order valence-corrected chi connectivity index (χ0v) is 10.1. The number of hydrogen-bond acceptors (Lipinski definition) is 3. The number of carbonyl (C=O) groups excluding carboxylic acids is 1. The molecule has 0 bridgehead atoms. The molecule has 18 heavy (non-hydrogen) atoms. The normalized spacial score (nSPS) is 21.3. The summed E-state index contributed by atoms with van der Waals surface area (Å²) in [6.07, 6.45) is -1.44. The highest BCUT2D eigenvalue weighted by Gasteiger charge is 2.37. The number of alkyl halides is 2. The molecule has 0 aromatic carbocycles. The van der Waals surface area contributed by atoms with Crippen molar-refractivity contribution in [1.82, 2.24) is 5.32 Å². The van der Waals surface area contributed by atoms with Gasteiger partial charge in [0.1, 0.15) is 0 Å². The minimum atomic E-state index is -2.67. The van der Waals surface area contributed by atoms with E-state index in [4.69, 9.17) is 5.11 Å². The van der Waals surface area contributed by atoms with E-state index in [0.29, 0.717) is 0 Å². The molecule has 1 unspecified atom stereocenters. The second kappa shape index (κ2) is 6.08. The van der Waals surface area contributed by atoms with E-state index >= 15 is 0 Å². The SMILES string of the molecule is COC(CNC(=O)C1CCC(F)(F)CC1)C(=O)O. The van der Waals surface area contributed by atoms with Crippen LogP contribution < -0.4 is 5.32 Å². The first-order valence-electron chi connectivity index (χ1n) is 5.77. The Labute approximate surface area is 103 Å². The zero-order valence-electron chi connectivity index (χ0n) is 10.1. The van der Waals surface area contributed by atoms with Crippen molar-refractivity contribution in [2.75, 3.05) is 13.7 Å². The van der Waals surface area contributed by atoms with Crippen molar-refractivity contribution in [2.45, 2.75) is 37.7 Å². The average Bonchev–Trinajstić information content (AvgIpc) is 2.29. The van der Waals surface area contributed by atoms with Gasteiger partial charge in [0.05, 0.1) is 6.54 Å². The summed E-state index contributed by atoms with van der Waals surface area (Å²) in [5.41, 5.74) is 0. The van der Waals surface area contributed by atoms with Crippen LogP contribution >= 0.6 is 0 Å². The predicted octanol–water partition coefficient (Wildman–Crippen LogP) is 1.03. The first-order chi connectivity index (χ1) is 8.35. The molecule has 1 fully saturated rings. The maximum atomic E-state index is 12.9. The maximum absolute atomic E-state index is 12.9. The maximum Gasteiger partial charge on any atom is 0.334 e. The summed E-state index contributed by atoms with van der Waals surface area (Å²) in [4.78, 5) is 22.3. The van der Waals surface area contributed by atoms with E-state index in [2.05, 4.69) is 10.1 Å². The molecule has 0 aliphatic heterocycles. The van der Waals surface area contributed by atoms with Gasteiger partial charge in [0.15, 0.2) is 6.10 Å². The third-order valence-electron chi connectivity index (χ3n) is 3.11. The number of carboxylic acid groups (broad SMARTS) is 1.